The average Bonchev–Trinajstić information content (AvgIpc) is 4.47. The lowest BCUT2D eigenvalue weighted by Crippen LogP contribution is -2.16. The molecule has 0 amide bonds. The van der Waals surface area contributed by atoms with Crippen LogP contribution in [0.1, 0.15) is 55.5 Å². The first-order chi connectivity index (χ1) is 39.2. The number of rotatable bonds is 4. The summed E-state index contributed by atoms with van der Waals surface area (Å²) in [4.78, 5) is 4.87. The maximum Gasteiger partial charge on any atom is 0.237 e. The standard InChI is InChI=1S/C74H48N6/c1-73(2)54-30-14-6-22-43(54)49-38-40-62-64(66(49)73)51-28-12-20-36-60(51)79(62)69-53(42-75)70(77-56-32-16-8-24-45(56)46-25-9-17-33-57(46)77)72(71(68(69)76-5)78-58-34-18-10-26-47(58)48-27-11-19-35-59(48)78)80-61-37-21-13-29-52(61)65-63(80)41-39-50-44-23-7-15-31-55(44)74(3,4)67(50)65/h6-41H,1-4H3. The van der Waals surface area contributed by atoms with E-state index in [-0.39, 0.29) is 10.8 Å². The summed E-state index contributed by atoms with van der Waals surface area (Å²) in [7, 11) is 0. The first-order valence-corrected chi connectivity index (χ1v) is 27.5. The smallest absolute Gasteiger partial charge is 0.237 e. The van der Waals surface area contributed by atoms with E-state index in [1.54, 1.807) is 0 Å². The van der Waals surface area contributed by atoms with Crippen LogP contribution in [0.15, 0.2) is 218 Å². The molecule has 17 rings (SSSR count). The second-order valence-electron chi connectivity index (χ2n) is 22.9. The van der Waals surface area contributed by atoms with Crippen LogP contribution < -0.4 is 0 Å². The Bertz CT molecular complexity index is 5140. The van der Waals surface area contributed by atoms with Gasteiger partial charge in [-0.2, -0.15) is 5.26 Å². The maximum absolute atomic E-state index is 12.8. The van der Waals surface area contributed by atoms with Crippen LogP contribution in [0.3, 0.4) is 0 Å². The van der Waals surface area contributed by atoms with Crippen LogP contribution >= 0.6 is 0 Å². The van der Waals surface area contributed by atoms with Crippen molar-refractivity contribution in [1.29, 1.82) is 5.26 Å². The minimum absolute atomic E-state index is 0.346. The van der Waals surface area contributed by atoms with Gasteiger partial charge in [-0.05, 0) is 93.0 Å². The molecule has 0 spiro atoms. The highest BCUT2D eigenvalue weighted by atomic mass is 15.1. The molecule has 0 atom stereocenters. The van der Waals surface area contributed by atoms with Gasteiger partial charge in [-0.1, -0.05) is 198 Å². The average molecular weight is 1020 g/mol. The summed E-state index contributed by atoms with van der Waals surface area (Å²) < 4.78 is 9.37. The van der Waals surface area contributed by atoms with E-state index in [1.165, 1.54) is 44.5 Å². The number of fused-ring (bicyclic) bond motifs is 20. The van der Waals surface area contributed by atoms with Crippen molar-refractivity contribution in [3.05, 3.63) is 258 Å². The minimum atomic E-state index is -0.347. The fourth-order valence-electron chi connectivity index (χ4n) is 15.2. The molecule has 0 radical (unpaired) electrons. The van der Waals surface area contributed by atoms with E-state index in [9.17, 15) is 11.8 Å². The summed E-state index contributed by atoms with van der Waals surface area (Å²) >= 11 is 0. The van der Waals surface area contributed by atoms with E-state index in [4.69, 9.17) is 4.85 Å². The first kappa shape index (κ1) is 44.7. The Morgan fingerprint density at radius 1 is 0.338 bits per heavy atom. The summed E-state index contributed by atoms with van der Waals surface area (Å²) in [5.74, 6) is 0. The first-order valence-electron chi connectivity index (χ1n) is 27.5. The molecule has 4 aromatic heterocycles. The molecule has 374 valence electrons. The molecule has 0 aliphatic heterocycles. The van der Waals surface area contributed by atoms with Crippen molar-refractivity contribution in [3.8, 4) is 51.1 Å². The SMILES string of the molecule is [C-]#[N+]c1c(-n2c3ccccc3c3ccccc32)c(-n2c3ccccc3c3c4c(ccc32)-c2ccccc2C4(C)C)c(-n2c3ccccc3c3ccccc32)c(C#N)c1-n1c2ccccc2c2c3c(ccc21)-c1ccccc1C3(C)C. The van der Waals surface area contributed by atoms with Crippen LogP contribution in [0.5, 0.6) is 0 Å². The second-order valence-corrected chi connectivity index (χ2v) is 22.9. The Kier molecular flexibility index (Phi) is 8.74. The Labute approximate surface area is 461 Å². The number of hydrogen-bond donors (Lipinski definition) is 0. The Morgan fingerprint density at radius 2 is 0.662 bits per heavy atom. The zero-order valence-electron chi connectivity index (χ0n) is 44.5. The lowest BCUT2D eigenvalue weighted by Gasteiger charge is -2.27. The van der Waals surface area contributed by atoms with Gasteiger partial charge in [0.15, 0.2) is 0 Å². The predicted octanol–water partition coefficient (Wildman–Crippen LogP) is 19.1. The Morgan fingerprint density at radius 3 is 1.06 bits per heavy atom. The normalized spacial score (nSPS) is 13.9. The third kappa shape index (κ3) is 5.40. The maximum atomic E-state index is 12.8. The van der Waals surface area contributed by atoms with Gasteiger partial charge >= 0.3 is 0 Å². The summed E-state index contributed by atoms with van der Waals surface area (Å²) in [6.07, 6.45) is 0. The second kappa shape index (κ2) is 15.6. The molecule has 0 fully saturated rings. The molecule has 0 N–H and O–H groups in total. The molecule has 0 bridgehead atoms. The quantitative estimate of drug-likeness (QED) is 0.162. The predicted molar refractivity (Wildman–Crippen MR) is 330 cm³/mol. The zero-order valence-corrected chi connectivity index (χ0v) is 44.5. The molecule has 0 saturated heterocycles. The molecule has 2 aliphatic rings. The van der Waals surface area contributed by atoms with E-state index in [2.05, 4.69) is 270 Å². The van der Waals surface area contributed by atoms with Crippen LogP contribution in [0.25, 0.3) is 137 Å². The molecular weight excluding hydrogens is 973 g/mol. The number of para-hydroxylation sites is 6. The van der Waals surface area contributed by atoms with Crippen molar-refractivity contribution in [3.63, 3.8) is 0 Å². The Hall–Kier alpha value is -10.4. The molecule has 0 saturated carbocycles. The van der Waals surface area contributed by atoms with Gasteiger partial charge in [0.05, 0.1) is 79.0 Å². The van der Waals surface area contributed by atoms with E-state index in [0.29, 0.717) is 28.3 Å². The van der Waals surface area contributed by atoms with Crippen molar-refractivity contribution < 1.29 is 0 Å². The number of aromatic nitrogens is 4. The van der Waals surface area contributed by atoms with Gasteiger partial charge in [-0.15, -0.1) is 0 Å². The van der Waals surface area contributed by atoms with Gasteiger partial charge in [0, 0.05) is 53.9 Å². The van der Waals surface area contributed by atoms with Gasteiger partial charge in [0.2, 0.25) is 5.69 Å². The summed E-state index contributed by atoms with van der Waals surface area (Å²) in [5.41, 5.74) is 20.4. The van der Waals surface area contributed by atoms with Gasteiger partial charge in [0.1, 0.15) is 6.07 Å². The third-order valence-electron chi connectivity index (χ3n) is 18.4. The van der Waals surface area contributed by atoms with Gasteiger partial charge in [0.25, 0.3) is 0 Å². The monoisotopic (exact) mass is 1020 g/mol. The van der Waals surface area contributed by atoms with Crippen LogP contribution in [0, 0.1) is 17.9 Å². The lowest BCUT2D eigenvalue weighted by atomic mass is 9.80. The van der Waals surface area contributed by atoms with Crippen LogP contribution in [0.4, 0.5) is 5.69 Å². The van der Waals surface area contributed by atoms with Crippen LogP contribution in [0.2, 0.25) is 0 Å². The van der Waals surface area contributed by atoms with E-state index >= 15 is 0 Å². The fourth-order valence-corrected chi connectivity index (χ4v) is 15.2. The number of hydrogen-bond acceptors (Lipinski definition) is 1. The highest BCUT2D eigenvalue weighted by Gasteiger charge is 2.42. The van der Waals surface area contributed by atoms with Crippen LogP contribution in [-0.4, -0.2) is 18.3 Å². The summed E-state index contributed by atoms with van der Waals surface area (Å²) in [6.45, 7) is 19.4. The highest BCUT2D eigenvalue weighted by Crippen LogP contribution is 2.58. The van der Waals surface area contributed by atoms with Gasteiger partial charge < -0.3 is 18.3 Å². The van der Waals surface area contributed by atoms with Crippen molar-refractivity contribution >= 4 is 92.9 Å². The van der Waals surface area contributed by atoms with Crippen molar-refractivity contribution in [2.24, 2.45) is 0 Å². The number of nitrogens with zero attached hydrogens (tertiary/aromatic N) is 6. The fraction of sp³-hybridized carbons (Fsp3) is 0.0811. The molecule has 80 heavy (non-hydrogen) atoms. The van der Waals surface area contributed by atoms with Gasteiger partial charge in [-0.3, -0.25) is 0 Å². The van der Waals surface area contributed by atoms with E-state index in [0.717, 1.165) is 92.9 Å². The zero-order chi connectivity index (χ0) is 53.5. The van der Waals surface area contributed by atoms with Gasteiger partial charge in [-0.25, -0.2) is 4.85 Å². The molecule has 0 unspecified atom stereocenters. The molecule has 11 aromatic carbocycles. The topological polar surface area (TPSA) is 47.9 Å². The van der Waals surface area contributed by atoms with E-state index < -0.39 is 0 Å². The third-order valence-corrected chi connectivity index (χ3v) is 18.4. The highest BCUT2D eigenvalue weighted by molar-refractivity contribution is 6.19. The molecule has 2 aliphatic carbocycles. The van der Waals surface area contributed by atoms with Crippen LogP contribution in [-0.2, 0) is 10.8 Å². The Balaban J connectivity index is 1.16. The molecule has 6 nitrogen and oxygen atoms in total. The largest absolute Gasteiger partial charge is 0.318 e. The molecular formula is C74H48N6. The van der Waals surface area contributed by atoms with Crippen molar-refractivity contribution in [2.45, 2.75) is 38.5 Å². The molecule has 15 aromatic rings. The van der Waals surface area contributed by atoms with Crippen molar-refractivity contribution in [1.82, 2.24) is 18.3 Å². The number of benzene rings is 11. The lowest BCUT2D eigenvalue weighted by molar-refractivity contribution is 0.666. The van der Waals surface area contributed by atoms with Crippen molar-refractivity contribution in [2.75, 3.05) is 0 Å². The van der Waals surface area contributed by atoms with E-state index in [1.807, 2.05) is 0 Å². The summed E-state index contributed by atoms with van der Waals surface area (Å²) in [6, 6.07) is 81.4. The molecule has 4 heterocycles. The number of nitriles is 1. The minimum Gasteiger partial charge on any atom is -0.318 e. The molecule has 6 heteroatoms. The summed E-state index contributed by atoms with van der Waals surface area (Å²) in [5, 5.41) is 21.5.